The van der Waals surface area contributed by atoms with Crippen LogP contribution in [0.3, 0.4) is 0 Å². The van der Waals surface area contributed by atoms with Gasteiger partial charge in [0.1, 0.15) is 5.75 Å². The molecule has 0 amide bonds. The maximum Gasteiger partial charge on any atom is 0.573 e. The van der Waals surface area contributed by atoms with Crippen molar-refractivity contribution in [1.82, 2.24) is 0 Å². The second kappa shape index (κ2) is 4.84. The first kappa shape index (κ1) is 13.7. The van der Waals surface area contributed by atoms with Gasteiger partial charge in [0.05, 0.1) is 0 Å². The number of hydrogen-bond donors (Lipinski definition) is 3. The van der Waals surface area contributed by atoms with Crippen LogP contribution in [-0.4, -0.2) is 22.5 Å². The van der Waals surface area contributed by atoms with Gasteiger partial charge in [0.25, 0.3) is 0 Å². The SMILES string of the molecule is O=C(O)C(O)c1cc(OC(F)(F)F)ccc1S. The monoisotopic (exact) mass is 268 g/mol. The summed E-state index contributed by atoms with van der Waals surface area (Å²) in [6.07, 6.45) is -6.84. The number of rotatable bonds is 3. The molecule has 94 valence electrons. The van der Waals surface area contributed by atoms with Crippen molar-refractivity contribution in [2.24, 2.45) is 0 Å². The Morgan fingerprint density at radius 1 is 1.41 bits per heavy atom. The molecule has 0 bridgehead atoms. The Hall–Kier alpha value is -1.41. The first-order valence-corrected chi connectivity index (χ1v) is 4.65. The molecule has 1 rings (SSSR count). The van der Waals surface area contributed by atoms with Crippen molar-refractivity contribution >= 4 is 18.6 Å². The highest BCUT2D eigenvalue weighted by Crippen LogP contribution is 2.29. The van der Waals surface area contributed by atoms with Gasteiger partial charge >= 0.3 is 12.3 Å². The van der Waals surface area contributed by atoms with Gasteiger partial charge < -0.3 is 14.9 Å². The molecule has 0 fully saturated rings. The highest BCUT2D eigenvalue weighted by Gasteiger charge is 2.31. The van der Waals surface area contributed by atoms with Crippen molar-refractivity contribution in [2.75, 3.05) is 0 Å². The molecule has 0 aliphatic rings. The predicted octanol–water partition coefficient (Wildman–Crippen LogP) is 1.99. The minimum absolute atomic E-state index is 0.0504. The normalized spacial score (nSPS) is 13.2. The Balaban J connectivity index is 3.06. The molecular formula is C9H7F3O4S. The zero-order valence-electron chi connectivity index (χ0n) is 8.10. The van der Waals surface area contributed by atoms with Crippen LogP contribution in [-0.2, 0) is 4.79 Å². The Morgan fingerprint density at radius 3 is 2.47 bits per heavy atom. The summed E-state index contributed by atoms with van der Waals surface area (Å²) in [4.78, 5) is 10.6. The van der Waals surface area contributed by atoms with Gasteiger partial charge in [0, 0.05) is 10.5 Å². The number of halogens is 3. The Morgan fingerprint density at radius 2 is 2.00 bits per heavy atom. The molecule has 8 heteroatoms. The van der Waals surface area contributed by atoms with Gasteiger partial charge in [-0.05, 0) is 18.2 Å². The summed E-state index contributed by atoms with van der Waals surface area (Å²) >= 11 is 3.83. The number of aliphatic hydroxyl groups is 1. The van der Waals surface area contributed by atoms with Crippen molar-refractivity contribution in [3.63, 3.8) is 0 Å². The number of thiol groups is 1. The number of hydrogen-bond acceptors (Lipinski definition) is 4. The zero-order valence-corrected chi connectivity index (χ0v) is 9.00. The lowest BCUT2D eigenvalue weighted by Gasteiger charge is -2.13. The van der Waals surface area contributed by atoms with E-state index in [0.717, 1.165) is 18.2 Å². The van der Waals surface area contributed by atoms with Crippen LogP contribution >= 0.6 is 12.6 Å². The van der Waals surface area contributed by atoms with E-state index in [9.17, 15) is 23.1 Å². The quantitative estimate of drug-likeness (QED) is 0.733. The third-order valence-corrected chi connectivity index (χ3v) is 2.17. The summed E-state index contributed by atoms with van der Waals surface area (Å²) < 4.78 is 39.3. The number of alkyl halides is 3. The first-order valence-electron chi connectivity index (χ1n) is 4.20. The van der Waals surface area contributed by atoms with Crippen molar-refractivity contribution in [2.45, 2.75) is 17.4 Å². The highest BCUT2D eigenvalue weighted by molar-refractivity contribution is 7.80. The minimum Gasteiger partial charge on any atom is -0.479 e. The molecule has 2 N–H and O–H groups in total. The topological polar surface area (TPSA) is 66.8 Å². The average molecular weight is 268 g/mol. The lowest BCUT2D eigenvalue weighted by atomic mass is 10.1. The molecular weight excluding hydrogens is 261 g/mol. The number of carbonyl (C=O) groups is 1. The molecule has 1 unspecified atom stereocenters. The summed E-state index contributed by atoms with van der Waals surface area (Å²) in [6.45, 7) is 0. The number of ether oxygens (including phenoxy) is 1. The molecule has 0 aliphatic heterocycles. The van der Waals surface area contributed by atoms with Crippen molar-refractivity contribution in [3.05, 3.63) is 23.8 Å². The molecule has 17 heavy (non-hydrogen) atoms. The minimum atomic E-state index is -4.89. The van der Waals surface area contributed by atoms with E-state index in [4.69, 9.17) is 5.11 Å². The van der Waals surface area contributed by atoms with E-state index in [1.54, 1.807) is 0 Å². The van der Waals surface area contributed by atoms with Crippen LogP contribution in [0.5, 0.6) is 5.75 Å². The molecule has 4 nitrogen and oxygen atoms in total. The molecule has 1 aromatic carbocycles. The largest absolute Gasteiger partial charge is 0.573 e. The van der Waals surface area contributed by atoms with Gasteiger partial charge in [0.2, 0.25) is 0 Å². The van der Waals surface area contributed by atoms with E-state index in [0.29, 0.717) is 0 Å². The van der Waals surface area contributed by atoms with E-state index in [1.165, 1.54) is 0 Å². The Bertz CT molecular complexity index is 433. The number of carboxylic acids is 1. The molecule has 0 aromatic heterocycles. The summed E-state index contributed by atoms with van der Waals surface area (Å²) in [6, 6.07) is 2.84. The van der Waals surface area contributed by atoms with Gasteiger partial charge in [-0.1, -0.05) is 0 Å². The smallest absolute Gasteiger partial charge is 0.479 e. The zero-order chi connectivity index (χ0) is 13.2. The molecule has 0 aliphatic carbocycles. The number of aliphatic hydroxyl groups excluding tert-OH is 1. The molecule has 1 atom stereocenters. The molecule has 0 heterocycles. The van der Waals surface area contributed by atoms with Crippen LogP contribution in [0.15, 0.2) is 23.1 Å². The molecule has 0 spiro atoms. The van der Waals surface area contributed by atoms with E-state index in [-0.39, 0.29) is 10.5 Å². The summed E-state index contributed by atoms with van der Waals surface area (Å²) in [5.74, 6) is -2.21. The summed E-state index contributed by atoms with van der Waals surface area (Å²) in [5.41, 5.74) is -0.275. The third kappa shape index (κ3) is 3.82. The van der Waals surface area contributed by atoms with Crippen LogP contribution in [0.1, 0.15) is 11.7 Å². The summed E-state index contributed by atoms with van der Waals surface area (Å²) in [5, 5.41) is 17.8. The fraction of sp³-hybridized carbons (Fsp3) is 0.222. The van der Waals surface area contributed by atoms with Gasteiger partial charge in [-0.2, -0.15) is 0 Å². The predicted molar refractivity (Wildman–Crippen MR) is 53.0 cm³/mol. The van der Waals surface area contributed by atoms with Crippen LogP contribution < -0.4 is 4.74 Å². The Kier molecular flexibility index (Phi) is 3.89. The highest BCUT2D eigenvalue weighted by atomic mass is 32.1. The second-order valence-corrected chi connectivity index (χ2v) is 3.49. The number of benzene rings is 1. The van der Waals surface area contributed by atoms with Gasteiger partial charge in [-0.25, -0.2) is 4.79 Å². The van der Waals surface area contributed by atoms with Gasteiger partial charge in [-0.3, -0.25) is 0 Å². The summed E-state index contributed by atoms with van der Waals surface area (Å²) in [7, 11) is 0. The van der Waals surface area contributed by atoms with E-state index in [1.807, 2.05) is 0 Å². The fourth-order valence-electron chi connectivity index (χ4n) is 1.08. The van der Waals surface area contributed by atoms with E-state index in [2.05, 4.69) is 17.4 Å². The molecule has 1 aromatic rings. The fourth-order valence-corrected chi connectivity index (χ4v) is 1.34. The first-order chi connectivity index (χ1) is 7.70. The lowest BCUT2D eigenvalue weighted by molar-refractivity contribution is -0.274. The van der Waals surface area contributed by atoms with Gasteiger partial charge in [-0.15, -0.1) is 25.8 Å². The van der Waals surface area contributed by atoms with E-state index >= 15 is 0 Å². The second-order valence-electron chi connectivity index (χ2n) is 3.01. The third-order valence-electron chi connectivity index (χ3n) is 1.76. The van der Waals surface area contributed by atoms with Crippen molar-refractivity contribution in [1.29, 1.82) is 0 Å². The van der Waals surface area contributed by atoms with Crippen LogP contribution in [0.2, 0.25) is 0 Å². The molecule has 0 saturated heterocycles. The average Bonchev–Trinajstić information content (AvgIpc) is 2.17. The lowest BCUT2D eigenvalue weighted by Crippen LogP contribution is -2.18. The Labute approximate surface area is 99.0 Å². The maximum atomic E-state index is 11.9. The van der Waals surface area contributed by atoms with Crippen LogP contribution in [0.4, 0.5) is 13.2 Å². The number of carboxylic acid groups (broad SMARTS) is 1. The van der Waals surface area contributed by atoms with Crippen LogP contribution in [0.25, 0.3) is 0 Å². The maximum absolute atomic E-state index is 11.9. The van der Waals surface area contributed by atoms with E-state index < -0.39 is 24.2 Å². The number of aliphatic carboxylic acids is 1. The van der Waals surface area contributed by atoms with Crippen molar-refractivity contribution < 1.29 is 32.9 Å². The molecule has 0 radical (unpaired) electrons. The van der Waals surface area contributed by atoms with Crippen molar-refractivity contribution in [3.8, 4) is 5.75 Å². The molecule has 0 saturated carbocycles. The standard InChI is InChI=1S/C9H7F3O4S/c10-9(11,12)16-4-1-2-6(17)5(3-4)7(13)8(14)15/h1-3,7,13,17H,(H,14,15). The van der Waals surface area contributed by atoms with Gasteiger partial charge in [0.15, 0.2) is 6.10 Å². The van der Waals surface area contributed by atoms with Crippen LogP contribution in [0, 0.1) is 0 Å².